The minimum atomic E-state index is -1.62. The Labute approximate surface area is 170 Å². The molecule has 0 saturated carbocycles. The van der Waals surface area contributed by atoms with Crippen molar-refractivity contribution >= 4 is 16.7 Å². The number of hydrogen-bond acceptors (Lipinski definition) is 4. The first-order chi connectivity index (χ1) is 7.11. The van der Waals surface area contributed by atoms with Crippen molar-refractivity contribution in [2.45, 2.75) is 0 Å². The first-order valence-corrected chi connectivity index (χ1v) is 4.22. The van der Waals surface area contributed by atoms with Crippen LogP contribution in [0.2, 0.25) is 0 Å². The Balaban J connectivity index is 0. The van der Waals surface area contributed by atoms with Crippen LogP contribution in [0, 0.1) is 0 Å². The monoisotopic (exact) mass is 270 g/mol. The number of fused-ring (bicyclic) bond motifs is 1. The van der Waals surface area contributed by atoms with Gasteiger partial charge in [-0.2, -0.15) is 0 Å². The molecule has 0 atom stereocenters. The van der Waals surface area contributed by atoms with E-state index in [4.69, 9.17) is 0 Å². The van der Waals surface area contributed by atoms with Gasteiger partial charge in [-0.1, -0.05) is 36.1 Å². The van der Waals surface area contributed by atoms with Crippen molar-refractivity contribution in [1.82, 2.24) is 0 Å². The molecule has 0 radical (unpaired) electrons. The van der Waals surface area contributed by atoms with Gasteiger partial charge in [-0.05, 0) is 16.3 Å². The van der Waals surface area contributed by atoms with E-state index in [1.807, 2.05) is 0 Å². The van der Waals surface area contributed by atoms with Crippen molar-refractivity contribution in [1.29, 1.82) is 0 Å². The normalized spacial score (nSPS) is 8.67. The summed E-state index contributed by atoms with van der Waals surface area (Å²) in [6.45, 7) is 0. The average molecular weight is 270 g/mol. The molecule has 0 fully saturated rings. The first kappa shape index (κ1) is 21.1. The summed E-state index contributed by atoms with van der Waals surface area (Å²) in [7, 11) is 0. The van der Waals surface area contributed by atoms with E-state index < -0.39 is 23.0 Å². The standard InChI is InChI=1S/C11H8O4.3Na/c12-9-5-8(11(14)15)10(13)7-4-2-1-3-6(7)9;;;/h1-5,12-13H,(H,14,15);;;/q;3*+1/p-3. The summed E-state index contributed by atoms with van der Waals surface area (Å²) in [5, 5.41) is 33.9. The molecule has 0 aliphatic rings. The smallest absolute Gasteiger partial charge is 0.872 e. The molecule has 18 heavy (non-hydrogen) atoms. The average Bonchev–Trinajstić information content (AvgIpc) is 2.23. The van der Waals surface area contributed by atoms with Gasteiger partial charge in [0.2, 0.25) is 0 Å². The van der Waals surface area contributed by atoms with Gasteiger partial charge in [-0.15, -0.1) is 5.75 Å². The quantitative estimate of drug-likeness (QED) is 0.481. The number of rotatable bonds is 1. The predicted molar refractivity (Wildman–Crippen MR) is 47.2 cm³/mol. The third-order valence-electron chi connectivity index (χ3n) is 2.18. The molecule has 0 unspecified atom stereocenters. The number of aromatic carboxylic acids is 1. The van der Waals surface area contributed by atoms with Gasteiger partial charge in [-0.25, -0.2) is 0 Å². The van der Waals surface area contributed by atoms with Crippen LogP contribution in [0.5, 0.6) is 11.5 Å². The van der Waals surface area contributed by atoms with Crippen LogP contribution in [0.25, 0.3) is 10.8 Å². The molecule has 0 spiro atoms. The summed E-state index contributed by atoms with van der Waals surface area (Å²) in [6.07, 6.45) is 0. The third kappa shape index (κ3) is 4.13. The van der Waals surface area contributed by atoms with Crippen molar-refractivity contribution in [3.05, 3.63) is 35.9 Å². The number of benzene rings is 2. The molecule has 2 aromatic carbocycles. The molecule has 2 aromatic rings. The molecule has 0 heterocycles. The van der Waals surface area contributed by atoms with E-state index in [9.17, 15) is 20.1 Å². The van der Waals surface area contributed by atoms with Gasteiger partial charge < -0.3 is 20.1 Å². The topological polar surface area (TPSA) is 86.2 Å². The van der Waals surface area contributed by atoms with Gasteiger partial charge in [0.05, 0.1) is 5.97 Å². The zero-order valence-electron chi connectivity index (χ0n) is 10.5. The van der Waals surface area contributed by atoms with Crippen molar-refractivity contribution in [2.24, 2.45) is 0 Å². The van der Waals surface area contributed by atoms with Crippen molar-refractivity contribution in [2.75, 3.05) is 0 Å². The van der Waals surface area contributed by atoms with Crippen LogP contribution in [0.15, 0.2) is 30.3 Å². The summed E-state index contributed by atoms with van der Waals surface area (Å²) in [4.78, 5) is 10.6. The molecule has 76 valence electrons. The maximum absolute atomic E-state index is 11.6. The van der Waals surface area contributed by atoms with Gasteiger partial charge in [0.15, 0.2) is 0 Å². The Hall–Kier alpha value is 0.770. The van der Waals surface area contributed by atoms with Crippen LogP contribution < -0.4 is 104 Å². The van der Waals surface area contributed by atoms with E-state index in [1.165, 1.54) is 12.1 Å². The predicted octanol–water partition coefficient (Wildman–Crippen LogP) is -9.64. The van der Waals surface area contributed by atoms with Crippen LogP contribution in [0.3, 0.4) is 0 Å². The number of carbonyl (C=O) groups excluding carboxylic acids is 1. The van der Waals surface area contributed by atoms with Crippen LogP contribution in [0.4, 0.5) is 0 Å². The van der Waals surface area contributed by atoms with Gasteiger partial charge in [0, 0.05) is 0 Å². The maximum atomic E-state index is 11.6. The molecule has 2 rings (SSSR count). The SMILES string of the molecule is O=C([O-])c1cc([O-])c2ccccc2c1[O-].[Na+].[Na+].[Na+]. The fourth-order valence-corrected chi connectivity index (χ4v) is 1.47. The Kier molecular flexibility index (Phi) is 10.4. The minimum absolute atomic E-state index is 0. The molecule has 0 saturated heterocycles. The summed E-state index contributed by atoms with van der Waals surface area (Å²) in [5.74, 6) is -2.78. The van der Waals surface area contributed by atoms with E-state index in [2.05, 4.69) is 0 Å². The Bertz CT molecular complexity index is 557. The Morgan fingerprint density at radius 1 is 0.944 bits per heavy atom. The molecule has 7 heteroatoms. The molecule has 0 amide bonds. The van der Waals surface area contributed by atoms with Gasteiger partial charge in [0.1, 0.15) is 0 Å². The molecule has 0 aliphatic heterocycles. The fourth-order valence-electron chi connectivity index (χ4n) is 1.47. The van der Waals surface area contributed by atoms with E-state index in [0.29, 0.717) is 0 Å². The van der Waals surface area contributed by atoms with Crippen molar-refractivity contribution in [3.8, 4) is 11.5 Å². The van der Waals surface area contributed by atoms with E-state index in [-0.39, 0.29) is 99.4 Å². The second kappa shape index (κ2) is 8.84. The van der Waals surface area contributed by atoms with Crippen molar-refractivity contribution in [3.63, 3.8) is 0 Å². The zero-order chi connectivity index (χ0) is 11.0. The second-order valence-electron chi connectivity index (χ2n) is 3.08. The van der Waals surface area contributed by atoms with Gasteiger partial charge >= 0.3 is 88.7 Å². The molecule has 0 aliphatic carbocycles. The molecule has 0 aromatic heterocycles. The number of carboxylic acid groups (broad SMARTS) is 1. The minimum Gasteiger partial charge on any atom is -0.872 e. The number of carbonyl (C=O) groups is 1. The number of hydrogen-bond donors (Lipinski definition) is 0. The van der Waals surface area contributed by atoms with Crippen LogP contribution >= 0.6 is 0 Å². The molecule has 4 nitrogen and oxygen atoms in total. The van der Waals surface area contributed by atoms with E-state index >= 15 is 0 Å². The second-order valence-corrected chi connectivity index (χ2v) is 3.08. The zero-order valence-corrected chi connectivity index (χ0v) is 16.5. The summed E-state index contributed by atoms with van der Waals surface area (Å²) < 4.78 is 0. The number of carboxylic acids is 1. The van der Waals surface area contributed by atoms with E-state index in [1.54, 1.807) is 12.1 Å². The Morgan fingerprint density at radius 2 is 1.44 bits per heavy atom. The van der Waals surface area contributed by atoms with Gasteiger partial charge in [0.25, 0.3) is 0 Å². The third-order valence-corrected chi connectivity index (χ3v) is 2.18. The van der Waals surface area contributed by atoms with Crippen molar-refractivity contribution < 1.29 is 109 Å². The maximum Gasteiger partial charge on any atom is 1.00 e. The summed E-state index contributed by atoms with van der Waals surface area (Å²) in [5.41, 5.74) is -0.585. The molecular weight excluding hydrogens is 265 g/mol. The van der Waals surface area contributed by atoms with Gasteiger partial charge in [-0.3, -0.25) is 0 Å². The first-order valence-electron chi connectivity index (χ1n) is 4.22. The molecule has 0 bridgehead atoms. The summed E-state index contributed by atoms with van der Waals surface area (Å²) >= 11 is 0. The van der Waals surface area contributed by atoms with E-state index in [0.717, 1.165) is 6.07 Å². The fraction of sp³-hybridized carbons (Fsp3) is 0. The van der Waals surface area contributed by atoms with Crippen LogP contribution in [0.1, 0.15) is 10.4 Å². The van der Waals surface area contributed by atoms with Crippen LogP contribution in [-0.4, -0.2) is 5.97 Å². The largest absolute Gasteiger partial charge is 1.00 e. The Morgan fingerprint density at radius 3 is 1.94 bits per heavy atom. The molecule has 0 N–H and O–H groups in total. The van der Waals surface area contributed by atoms with Crippen LogP contribution in [-0.2, 0) is 0 Å². The molecular formula is C11H5Na3O4. The summed E-state index contributed by atoms with van der Waals surface area (Å²) in [6, 6.07) is 6.90.